The second-order valence-electron chi connectivity index (χ2n) is 8.88. The molecule has 2 N–H and O–H groups in total. The lowest BCUT2D eigenvalue weighted by Gasteiger charge is -2.29. The molecule has 1 aliphatic rings. The van der Waals surface area contributed by atoms with Crippen LogP contribution in [-0.2, 0) is 22.7 Å². The lowest BCUT2D eigenvalue weighted by Crippen LogP contribution is -2.19. The van der Waals surface area contributed by atoms with Gasteiger partial charge in [-0.05, 0) is 47.9 Å². The highest BCUT2D eigenvalue weighted by molar-refractivity contribution is 6.32. The zero-order valence-corrected chi connectivity index (χ0v) is 21.1. The molecule has 0 aromatic heterocycles. The highest BCUT2D eigenvalue weighted by Gasteiger charge is 2.34. The highest BCUT2D eigenvalue weighted by Crippen LogP contribution is 2.46. The fraction of sp³-hybridized carbons (Fsp3) is 0.129. The van der Waals surface area contributed by atoms with Crippen molar-refractivity contribution in [1.29, 1.82) is 0 Å². The summed E-state index contributed by atoms with van der Waals surface area (Å²) in [4.78, 5) is 12.4. The number of fused-ring (bicyclic) bond motifs is 1. The number of aryl methyl sites for hydroxylation is 1. The van der Waals surface area contributed by atoms with Crippen molar-refractivity contribution in [3.8, 4) is 11.5 Å². The predicted molar refractivity (Wildman–Crippen MR) is 145 cm³/mol. The van der Waals surface area contributed by atoms with Crippen LogP contribution in [0.1, 0.15) is 33.7 Å². The molecule has 4 aromatic carbocycles. The van der Waals surface area contributed by atoms with E-state index in [9.17, 15) is 4.79 Å². The first kappa shape index (κ1) is 24.5. The molecule has 37 heavy (non-hydrogen) atoms. The van der Waals surface area contributed by atoms with E-state index >= 15 is 0 Å². The minimum Gasteiger partial charge on any atom is -0.488 e. The van der Waals surface area contributed by atoms with Crippen molar-refractivity contribution in [3.63, 3.8) is 0 Å². The van der Waals surface area contributed by atoms with Gasteiger partial charge in [-0.1, -0.05) is 78.3 Å². The SMILES string of the molecule is Cc1cc(N)c2c(c1)C(C=O)C(OCc1ccccc1)=C(c1ccc(OCc3ccccc3)c(Cl)c1)O2. The Morgan fingerprint density at radius 1 is 0.892 bits per heavy atom. The van der Waals surface area contributed by atoms with E-state index in [0.717, 1.165) is 23.0 Å². The third kappa shape index (κ3) is 5.32. The van der Waals surface area contributed by atoms with Crippen LogP contribution in [0.4, 0.5) is 5.69 Å². The topological polar surface area (TPSA) is 70.8 Å². The first-order chi connectivity index (χ1) is 18.0. The van der Waals surface area contributed by atoms with Crippen LogP contribution >= 0.6 is 11.6 Å². The summed E-state index contributed by atoms with van der Waals surface area (Å²) in [5, 5.41) is 0.414. The molecule has 0 saturated carbocycles. The number of anilines is 1. The predicted octanol–water partition coefficient (Wildman–Crippen LogP) is 7.07. The third-order valence-electron chi connectivity index (χ3n) is 6.14. The molecule has 6 heteroatoms. The zero-order valence-electron chi connectivity index (χ0n) is 20.3. The van der Waals surface area contributed by atoms with Gasteiger partial charge in [-0.25, -0.2) is 0 Å². The summed E-state index contributed by atoms with van der Waals surface area (Å²) in [6, 6.07) is 28.7. The molecule has 0 radical (unpaired) electrons. The molecular formula is C31H26ClNO4. The molecule has 186 valence electrons. The summed E-state index contributed by atoms with van der Waals surface area (Å²) in [7, 11) is 0. The van der Waals surface area contributed by atoms with Crippen LogP contribution < -0.4 is 15.2 Å². The maximum atomic E-state index is 12.4. The number of benzene rings is 4. The van der Waals surface area contributed by atoms with Gasteiger partial charge < -0.3 is 24.7 Å². The van der Waals surface area contributed by atoms with E-state index in [1.165, 1.54) is 0 Å². The zero-order chi connectivity index (χ0) is 25.8. The van der Waals surface area contributed by atoms with Crippen LogP contribution in [0.15, 0.2) is 96.8 Å². The van der Waals surface area contributed by atoms with Gasteiger partial charge in [0, 0.05) is 11.1 Å². The number of hydrogen-bond acceptors (Lipinski definition) is 5. The Kier molecular flexibility index (Phi) is 7.15. The molecule has 0 aliphatic carbocycles. The summed E-state index contributed by atoms with van der Waals surface area (Å²) < 4.78 is 18.5. The van der Waals surface area contributed by atoms with Gasteiger partial charge in [-0.2, -0.15) is 0 Å². The van der Waals surface area contributed by atoms with Crippen molar-refractivity contribution in [2.24, 2.45) is 0 Å². The minimum atomic E-state index is -0.683. The molecule has 1 heterocycles. The van der Waals surface area contributed by atoms with Gasteiger partial charge in [0.05, 0.1) is 10.7 Å². The molecule has 1 unspecified atom stereocenters. The second-order valence-corrected chi connectivity index (χ2v) is 9.28. The van der Waals surface area contributed by atoms with E-state index in [0.29, 0.717) is 51.5 Å². The number of halogens is 1. The first-order valence-electron chi connectivity index (χ1n) is 11.9. The molecule has 5 nitrogen and oxygen atoms in total. The summed E-state index contributed by atoms with van der Waals surface area (Å²) in [5.74, 6) is 1.11. The van der Waals surface area contributed by atoms with Crippen LogP contribution in [0.5, 0.6) is 11.5 Å². The normalized spacial score (nSPS) is 14.5. The average Bonchev–Trinajstić information content (AvgIpc) is 2.91. The Morgan fingerprint density at radius 3 is 2.16 bits per heavy atom. The van der Waals surface area contributed by atoms with Gasteiger partial charge in [-0.3, -0.25) is 0 Å². The van der Waals surface area contributed by atoms with Crippen LogP contribution in [0, 0.1) is 6.92 Å². The van der Waals surface area contributed by atoms with Crippen molar-refractivity contribution in [2.45, 2.75) is 26.1 Å². The first-order valence-corrected chi connectivity index (χ1v) is 12.3. The third-order valence-corrected chi connectivity index (χ3v) is 6.44. The van der Waals surface area contributed by atoms with Crippen molar-refractivity contribution in [2.75, 3.05) is 5.73 Å². The van der Waals surface area contributed by atoms with Gasteiger partial charge in [0.15, 0.2) is 17.3 Å². The maximum Gasteiger partial charge on any atom is 0.173 e. The summed E-state index contributed by atoms with van der Waals surface area (Å²) in [5.41, 5.74) is 11.0. The highest BCUT2D eigenvalue weighted by atomic mass is 35.5. The summed E-state index contributed by atoms with van der Waals surface area (Å²) >= 11 is 6.62. The Labute approximate surface area is 221 Å². The Morgan fingerprint density at radius 2 is 1.54 bits per heavy atom. The monoisotopic (exact) mass is 511 g/mol. The molecule has 4 aromatic rings. The van der Waals surface area contributed by atoms with Crippen molar-refractivity contribution < 1.29 is 19.0 Å². The van der Waals surface area contributed by atoms with Gasteiger partial charge in [0.1, 0.15) is 31.2 Å². The summed E-state index contributed by atoms with van der Waals surface area (Å²) in [6.07, 6.45) is 0.861. The number of ether oxygens (including phenoxy) is 3. The minimum absolute atomic E-state index is 0.274. The van der Waals surface area contributed by atoms with E-state index in [2.05, 4.69) is 0 Å². The van der Waals surface area contributed by atoms with Crippen molar-refractivity contribution >= 4 is 29.3 Å². The van der Waals surface area contributed by atoms with E-state index in [1.807, 2.05) is 85.8 Å². The van der Waals surface area contributed by atoms with Crippen molar-refractivity contribution in [3.05, 3.63) is 130 Å². The number of nitrogen functional groups attached to an aromatic ring is 1. The smallest absolute Gasteiger partial charge is 0.173 e. The number of allylic oxidation sites excluding steroid dienone is 1. The van der Waals surface area contributed by atoms with E-state index in [1.54, 1.807) is 12.1 Å². The second kappa shape index (κ2) is 10.8. The fourth-order valence-corrected chi connectivity index (χ4v) is 4.57. The number of carbonyl (C=O) groups excluding carboxylic acids is 1. The van der Waals surface area contributed by atoms with Crippen LogP contribution in [-0.4, -0.2) is 6.29 Å². The quantitative estimate of drug-likeness (QED) is 0.202. The van der Waals surface area contributed by atoms with Crippen LogP contribution in [0.3, 0.4) is 0 Å². The molecule has 0 fully saturated rings. The lowest BCUT2D eigenvalue weighted by atomic mass is 9.91. The van der Waals surface area contributed by atoms with Crippen LogP contribution in [0.25, 0.3) is 5.76 Å². The Hall–Kier alpha value is -4.22. The lowest BCUT2D eigenvalue weighted by molar-refractivity contribution is -0.109. The number of carbonyl (C=O) groups is 1. The van der Waals surface area contributed by atoms with Crippen molar-refractivity contribution in [1.82, 2.24) is 0 Å². The molecule has 1 atom stereocenters. The van der Waals surface area contributed by atoms with Gasteiger partial charge in [0.25, 0.3) is 0 Å². The number of aldehydes is 1. The average molecular weight is 512 g/mol. The van der Waals surface area contributed by atoms with Gasteiger partial charge >= 0.3 is 0 Å². The molecule has 5 rings (SSSR count). The Bertz CT molecular complexity index is 1450. The van der Waals surface area contributed by atoms with E-state index in [4.69, 9.17) is 31.5 Å². The summed E-state index contributed by atoms with van der Waals surface area (Å²) in [6.45, 7) is 2.59. The fourth-order valence-electron chi connectivity index (χ4n) is 4.34. The van der Waals surface area contributed by atoms with E-state index in [-0.39, 0.29) is 6.61 Å². The number of hydrogen-bond donors (Lipinski definition) is 1. The van der Waals surface area contributed by atoms with Gasteiger partial charge in [-0.15, -0.1) is 0 Å². The molecule has 0 bridgehead atoms. The molecule has 0 amide bonds. The molecule has 0 spiro atoms. The standard InChI is InChI=1S/C31H26ClNO4/c1-20-14-24-25(17-34)31(36-19-22-10-6-3-7-11-22)29(37-30(24)27(33)15-20)23-12-13-28(26(32)16-23)35-18-21-8-4-2-5-9-21/h2-17,25H,18-19,33H2,1H3. The molecular weight excluding hydrogens is 486 g/mol. The van der Waals surface area contributed by atoms with E-state index < -0.39 is 5.92 Å². The van der Waals surface area contributed by atoms with Gasteiger partial charge in [0.2, 0.25) is 0 Å². The Balaban J connectivity index is 1.51. The number of nitrogens with two attached hydrogens (primary N) is 1. The molecule has 1 aliphatic heterocycles. The maximum absolute atomic E-state index is 12.4. The van der Waals surface area contributed by atoms with Crippen LogP contribution in [0.2, 0.25) is 5.02 Å². The number of rotatable bonds is 8. The molecule has 0 saturated heterocycles. The largest absolute Gasteiger partial charge is 0.488 e.